The van der Waals surface area contributed by atoms with Crippen molar-refractivity contribution in [3.05, 3.63) is 73.9 Å². The maximum atomic E-state index is 14.7. The van der Waals surface area contributed by atoms with Gasteiger partial charge in [-0.3, -0.25) is 14.3 Å². The van der Waals surface area contributed by atoms with E-state index >= 15 is 0 Å². The predicted molar refractivity (Wildman–Crippen MR) is 138 cm³/mol. The molecule has 0 radical (unpaired) electrons. The third-order valence-electron chi connectivity index (χ3n) is 5.91. The first kappa shape index (κ1) is 31.4. The molecule has 1 aliphatic heterocycles. The number of nitrogens with zero attached hydrogens (tertiary/aromatic N) is 4. The molecule has 224 valence electrons. The van der Waals surface area contributed by atoms with Gasteiger partial charge in [0, 0.05) is 17.7 Å². The highest BCUT2D eigenvalue weighted by molar-refractivity contribution is 6.32. The molecule has 4 rings (SSSR count). The monoisotopic (exact) mass is 634 g/mol. The molecule has 1 atom stereocenters. The Bertz CT molecular complexity index is 1530. The summed E-state index contributed by atoms with van der Waals surface area (Å²) in [6.45, 7) is 0.571. The second kappa shape index (κ2) is 13.6. The first-order valence-corrected chi connectivity index (χ1v) is 13.1. The number of ether oxygens (including phenoxy) is 4. The molecule has 1 aromatic carbocycles. The van der Waals surface area contributed by atoms with Gasteiger partial charge < -0.3 is 18.9 Å². The van der Waals surface area contributed by atoms with Gasteiger partial charge in [0.15, 0.2) is 29.3 Å². The van der Waals surface area contributed by atoms with E-state index in [-0.39, 0.29) is 41.0 Å². The number of benzene rings is 1. The van der Waals surface area contributed by atoms with Crippen molar-refractivity contribution in [2.45, 2.75) is 44.4 Å². The van der Waals surface area contributed by atoms with Crippen molar-refractivity contribution in [1.82, 2.24) is 14.5 Å². The van der Waals surface area contributed by atoms with Crippen molar-refractivity contribution in [3.63, 3.8) is 0 Å². The SMILES string of the molecule is N#Cc1cc(Cl)cc(Oc2c(C(F)(F)C(F)F)ncn(Cc3cc(Cl)c(OCCOC4CCCCO4)cn3)c2=O)c1F. The summed E-state index contributed by atoms with van der Waals surface area (Å²) in [7, 11) is 0. The molecule has 1 aliphatic rings. The van der Waals surface area contributed by atoms with Crippen LogP contribution in [0.15, 0.2) is 35.5 Å². The number of nitriles is 1. The highest BCUT2D eigenvalue weighted by Gasteiger charge is 2.48. The van der Waals surface area contributed by atoms with E-state index in [0.717, 1.165) is 31.4 Å². The third-order valence-corrected chi connectivity index (χ3v) is 6.43. The summed E-state index contributed by atoms with van der Waals surface area (Å²) in [6, 6.07) is 4.50. The van der Waals surface area contributed by atoms with E-state index in [4.69, 9.17) is 47.4 Å². The van der Waals surface area contributed by atoms with Gasteiger partial charge in [-0.1, -0.05) is 23.2 Å². The quantitative estimate of drug-likeness (QED) is 0.185. The lowest BCUT2D eigenvalue weighted by atomic mass is 10.2. The van der Waals surface area contributed by atoms with Gasteiger partial charge in [-0.2, -0.15) is 14.0 Å². The minimum atomic E-state index is -4.95. The topological polar surface area (TPSA) is 108 Å². The second-order valence-electron chi connectivity index (χ2n) is 8.88. The van der Waals surface area contributed by atoms with Crippen molar-refractivity contribution in [2.75, 3.05) is 19.8 Å². The van der Waals surface area contributed by atoms with Crippen molar-refractivity contribution in [3.8, 4) is 23.3 Å². The van der Waals surface area contributed by atoms with Gasteiger partial charge >= 0.3 is 12.3 Å². The fourth-order valence-electron chi connectivity index (χ4n) is 3.84. The van der Waals surface area contributed by atoms with E-state index in [2.05, 4.69) is 9.97 Å². The van der Waals surface area contributed by atoms with Crippen LogP contribution < -0.4 is 15.0 Å². The maximum Gasteiger partial charge on any atom is 0.352 e. The Morgan fingerprint density at radius 3 is 2.62 bits per heavy atom. The lowest BCUT2D eigenvalue weighted by Crippen LogP contribution is -2.32. The van der Waals surface area contributed by atoms with Crippen molar-refractivity contribution < 1.29 is 40.9 Å². The van der Waals surface area contributed by atoms with Gasteiger partial charge in [-0.05, 0) is 31.4 Å². The molecule has 16 heteroatoms. The number of alkyl halides is 4. The molecule has 0 aliphatic carbocycles. The second-order valence-corrected chi connectivity index (χ2v) is 9.72. The zero-order valence-electron chi connectivity index (χ0n) is 21.5. The molecule has 3 heterocycles. The lowest BCUT2D eigenvalue weighted by molar-refractivity contribution is -0.165. The van der Waals surface area contributed by atoms with Crippen LogP contribution in [0.2, 0.25) is 10.0 Å². The summed E-state index contributed by atoms with van der Waals surface area (Å²) < 4.78 is 92.2. The summed E-state index contributed by atoms with van der Waals surface area (Å²) >= 11 is 12.1. The van der Waals surface area contributed by atoms with Crippen LogP contribution in [0, 0.1) is 17.1 Å². The summed E-state index contributed by atoms with van der Waals surface area (Å²) in [5, 5.41) is 8.92. The molecule has 1 unspecified atom stereocenters. The predicted octanol–water partition coefficient (Wildman–Crippen LogP) is 6.08. The van der Waals surface area contributed by atoms with Gasteiger partial charge in [0.2, 0.25) is 5.75 Å². The van der Waals surface area contributed by atoms with E-state index in [1.165, 1.54) is 18.3 Å². The molecule has 0 spiro atoms. The summed E-state index contributed by atoms with van der Waals surface area (Å²) in [4.78, 5) is 20.6. The van der Waals surface area contributed by atoms with Crippen LogP contribution in [-0.2, 0) is 21.9 Å². The summed E-state index contributed by atoms with van der Waals surface area (Å²) in [5.74, 6) is -8.44. The molecule has 1 saturated heterocycles. The van der Waals surface area contributed by atoms with Gasteiger partial charge in [-0.25, -0.2) is 18.2 Å². The maximum absolute atomic E-state index is 14.7. The zero-order chi connectivity index (χ0) is 30.4. The average Bonchev–Trinajstić information content (AvgIpc) is 2.96. The van der Waals surface area contributed by atoms with Gasteiger partial charge in [-0.15, -0.1) is 0 Å². The van der Waals surface area contributed by atoms with Crippen molar-refractivity contribution in [1.29, 1.82) is 5.26 Å². The highest BCUT2D eigenvalue weighted by atomic mass is 35.5. The Morgan fingerprint density at radius 2 is 1.95 bits per heavy atom. The van der Waals surface area contributed by atoms with Crippen molar-refractivity contribution in [2.24, 2.45) is 0 Å². The Morgan fingerprint density at radius 1 is 1.17 bits per heavy atom. The molecule has 0 N–H and O–H groups in total. The average molecular weight is 635 g/mol. The molecule has 2 aromatic heterocycles. The van der Waals surface area contributed by atoms with E-state index in [0.29, 0.717) is 17.5 Å². The number of halogens is 7. The molecule has 0 saturated carbocycles. The molecule has 9 nitrogen and oxygen atoms in total. The minimum Gasteiger partial charge on any atom is -0.488 e. The number of rotatable bonds is 11. The van der Waals surface area contributed by atoms with Crippen LogP contribution in [0.3, 0.4) is 0 Å². The van der Waals surface area contributed by atoms with Crippen LogP contribution in [-0.4, -0.2) is 47.1 Å². The molecule has 1 fully saturated rings. The molecular formula is C26H21Cl2F5N4O5. The Balaban J connectivity index is 1.57. The Hall–Kier alpha value is -3.51. The van der Waals surface area contributed by atoms with E-state index in [9.17, 15) is 26.7 Å². The zero-order valence-corrected chi connectivity index (χ0v) is 23.0. The fourth-order valence-corrected chi connectivity index (χ4v) is 4.28. The summed E-state index contributed by atoms with van der Waals surface area (Å²) in [6.07, 6.45) is 0.0377. The number of aromatic nitrogens is 3. The minimum absolute atomic E-state index is 0.0947. The van der Waals surface area contributed by atoms with Crippen LogP contribution >= 0.6 is 23.2 Å². The standard InChI is InChI=1S/C26H21Cl2F5N4O5/c27-15-7-14(10-34)21(29)18(8-15)42-22-23(26(32,33)25(30)31)36-13-37(24(22)38)12-16-9-17(28)19(11-35-16)39-5-6-41-20-3-1-2-4-40-20/h7-9,11,13,20,25H,1-6,12H2. The summed E-state index contributed by atoms with van der Waals surface area (Å²) in [5.41, 5.74) is -3.63. The number of pyridine rings is 1. The van der Waals surface area contributed by atoms with Gasteiger partial charge in [0.05, 0.1) is 42.0 Å². The van der Waals surface area contributed by atoms with Crippen LogP contribution in [0.1, 0.15) is 36.2 Å². The Labute approximate surface area is 245 Å². The highest BCUT2D eigenvalue weighted by Crippen LogP contribution is 2.39. The number of hydrogen-bond donors (Lipinski definition) is 0. The molecule has 0 amide bonds. The number of hydrogen-bond acceptors (Lipinski definition) is 8. The first-order valence-electron chi connectivity index (χ1n) is 12.3. The van der Waals surface area contributed by atoms with E-state index < -0.39 is 53.0 Å². The van der Waals surface area contributed by atoms with Gasteiger partial charge in [0.25, 0.3) is 5.56 Å². The molecule has 3 aromatic rings. The fraction of sp³-hybridized carbons (Fsp3) is 0.385. The molecule has 42 heavy (non-hydrogen) atoms. The largest absolute Gasteiger partial charge is 0.488 e. The van der Waals surface area contributed by atoms with Crippen molar-refractivity contribution >= 4 is 23.2 Å². The van der Waals surface area contributed by atoms with Crippen LogP contribution in [0.5, 0.6) is 17.2 Å². The molecular weight excluding hydrogens is 614 g/mol. The van der Waals surface area contributed by atoms with Crippen LogP contribution in [0.4, 0.5) is 22.0 Å². The smallest absolute Gasteiger partial charge is 0.352 e. The third kappa shape index (κ3) is 7.27. The normalized spacial score (nSPS) is 15.5. The lowest BCUT2D eigenvalue weighted by Gasteiger charge is -2.22. The molecule has 0 bridgehead atoms. The van der Waals surface area contributed by atoms with E-state index in [1.807, 2.05) is 0 Å². The van der Waals surface area contributed by atoms with E-state index in [1.54, 1.807) is 0 Å². The van der Waals surface area contributed by atoms with Gasteiger partial charge in [0.1, 0.15) is 12.7 Å². The first-order chi connectivity index (χ1) is 20.0. The van der Waals surface area contributed by atoms with Crippen LogP contribution in [0.25, 0.3) is 0 Å². The Kier molecular flexibility index (Phi) is 10.2.